The molecule has 1 heterocycles. The molecule has 0 fully saturated rings. The molecular formula is C17H21N3O4. The SMILES string of the molecule is COc1ccccc1CCNC(=O)NCCNC(=O)c1ccco1. The summed E-state index contributed by atoms with van der Waals surface area (Å²) in [6, 6.07) is 10.6. The molecule has 24 heavy (non-hydrogen) atoms. The Kier molecular flexibility index (Phi) is 6.70. The van der Waals surface area contributed by atoms with Crippen molar-refractivity contribution in [1.29, 1.82) is 0 Å². The molecule has 1 aromatic heterocycles. The second kappa shape index (κ2) is 9.24. The second-order valence-corrected chi connectivity index (χ2v) is 4.98. The van der Waals surface area contributed by atoms with Crippen LogP contribution in [-0.2, 0) is 6.42 Å². The molecule has 0 aliphatic heterocycles. The van der Waals surface area contributed by atoms with E-state index in [4.69, 9.17) is 9.15 Å². The third-order valence-corrected chi connectivity index (χ3v) is 3.31. The third-order valence-electron chi connectivity index (χ3n) is 3.31. The number of para-hydroxylation sites is 1. The van der Waals surface area contributed by atoms with Crippen LogP contribution in [0.25, 0.3) is 0 Å². The van der Waals surface area contributed by atoms with E-state index in [1.165, 1.54) is 6.26 Å². The van der Waals surface area contributed by atoms with Crippen LogP contribution in [0.15, 0.2) is 47.1 Å². The zero-order chi connectivity index (χ0) is 17.2. The summed E-state index contributed by atoms with van der Waals surface area (Å²) < 4.78 is 10.2. The van der Waals surface area contributed by atoms with Crippen LogP contribution >= 0.6 is 0 Å². The van der Waals surface area contributed by atoms with E-state index in [1.807, 2.05) is 24.3 Å². The van der Waals surface area contributed by atoms with Crippen molar-refractivity contribution < 1.29 is 18.7 Å². The third kappa shape index (κ3) is 5.35. The van der Waals surface area contributed by atoms with E-state index in [9.17, 15) is 9.59 Å². The summed E-state index contributed by atoms with van der Waals surface area (Å²) in [5.74, 6) is 0.745. The summed E-state index contributed by atoms with van der Waals surface area (Å²) in [6.07, 6.45) is 2.11. The smallest absolute Gasteiger partial charge is 0.314 e. The first kappa shape index (κ1) is 17.4. The Bertz CT molecular complexity index is 656. The molecule has 2 aromatic rings. The first-order chi connectivity index (χ1) is 11.7. The number of hydrogen-bond donors (Lipinski definition) is 3. The summed E-state index contributed by atoms with van der Waals surface area (Å²) in [4.78, 5) is 23.3. The summed E-state index contributed by atoms with van der Waals surface area (Å²) in [5, 5.41) is 8.08. The molecule has 2 rings (SSSR count). The van der Waals surface area contributed by atoms with Gasteiger partial charge in [-0.1, -0.05) is 18.2 Å². The van der Waals surface area contributed by atoms with Crippen LogP contribution in [0.3, 0.4) is 0 Å². The molecule has 128 valence electrons. The number of amides is 3. The normalized spacial score (nSPS) is 10.0. The van der Waals surface area contributed by atoms with Crippen molar-refractivity contribution in [3.8, 4) is 5.75 Å². The molecule has 0 bridgehead atoms. The van der Waals surface area contributed by atoms with Crippen LogP contribution in [0, 0.1) is 0 Å². The molecule has 7 nitrogen and oxygen atoms in total. The van der Waals surface area contributed by atoms with E-state index in [-0.39, 0.29) is 17.7 Å². The van der Waals surface area contributed by atoms with E-state index < -0.39 is 0 Å². The maximum absolute atomic E-state index is 11.7. The number of carbonyl (C=O) groups excluding carboxylic acids is 2. The number of furan rings is 1. The fraction of sp³-hybridized carbons (Fsp3) is 0.294. The number of rotatable bonds is 8. The number of benzene rings is 1. The Balaban J connectivity index is 1.59. The Morgan fingerprint density at radius 3 is 2.50 bits per heavy atom. The lowest BCUT2D eigenvalue weighted by molar-refractivity contribution is 0.0926. The van der Waals surface area contributed by atoms with Gasteiger partial charge in [-0.2, -0.15) is 0 Å². The van der Waals surface area contributed by atoms with Crippen LogP contribution in [0.4, 0.5) is 4.79 Å². The minimum absolute atomic E-state index is 0.247. The lowest BCUT2D eigenvalue weighted by Crippen LogP contribution is -2.40. The van der Waals surface area contributed by atoms with Crippen LogP contribution in [0.1, 0.15) is 16.1 Å². The van der Waals surface area contributed by atoms with Gasteiger partial charge in [0.15, 0.2) is 5.76 Å². The highest BCUT2D eigenvalue weighted by Crippen LogP contribution is 2.17. The van der Waals surface area contributed by atoms with E-state index in [2.05, 4.69) is 16.0 Å². The number of urea groups is 1. The highest BCUT2D eigenvalue weighted by molar-refractivity contribution is 5.91. The average Bonchev–Trinajstić information content (AvgIpc) is 3.13. The van der Waals surface area contributed by atoms with Crippen molar-refractivity contribution in [1.82, 2.24) is 16.0 Å². The molecule has 1 aromatic carbocycles. The topological polar surface area (TPSA) is 92.6 Å². The lowest BCUT2D eigenvalue weighted by Gasteiger charge is -2.10. The van der Waals surface area contributed by atoms with Gasteiger partial charge in [-0.15, -0.1) is 0 Å². The summed E-state index contributed by atoms with van der Waals surface area (Å²) in [7, 11) is 1.62. The van der Waals surface area contributed by atoms with E-state index in [1.54, 1.807) is 19.2 Å². The predicted molar refractivity (Wildman–Crippen MR) is 89.1 cm³/mol. The molecule has 0 saturated carbocycles. The summed E-state index contributed by atoms with van der Waals surface area (Å²) in [5.41, 5.74) is 1.03. The minimum atomic E-state index is -0.307. The molecule has 0 radical (unpaired) electrons. The maximum Gasteiger partial charge on any atom is 0.314 e. The predicted octanol–water partition coefficient (Wildman–Crippen LogP) is 1.56. The highest BCUT2D eigenvalue weighted by atomic mass is 16.5. The number of nitrogens with one attached hydrogen (secondary N) is 3. The summed E-state index contributed by atoms with van der Waals surface area (Å²) >= 11 is 0. The van der Waals surface area contributed by atoms with Crippen LogP contribution in [0.2, 0.25) is 0 Å². The average molecular weight is 331 g/mol. The quantitative estimate of drug-likeness (QED) is 0.640. The van der Waals surface area contributed by atoms with Gasteiger partial charge in [-0.05, 0) is 30.2 Å². The largest absolute Gasteiger partial charge is 0.496 e. The van der Waals surface area contributed by atoms with Crippen molar-refractivity contribution in [2.45, 2.75) is 6.42 Å². The number of carbonyl (C=O) groups is 2. The first-order valence-electron chi connectivity index (χ1n) is 7.66. The minimum Gasteiger partial charge on any atom is -0.496 e. The van der Waals surface area contributed by atoms with Crippen molar-refractivity contribution in [3.63, 3.8) is 0 Å². The van der Waals surface area contributed by atoms with Crippen LogP contribution in [-0.4, -0.2) is 38.7 Å². The van der Waals surface area contributed by atoms with Gasteiger partial charge in [-0.3, -0.25) is 4.79 Å². The Morgan fingerprint density at radius 2 is 1.75 bits per heavy atom. The Hall–Kier alpha value is -2.96. The molecule has 7 heteroatoms. The molecule has 0 unspecified atom stereocenters. The standard InChI is InChI=1S/C17H21N3O4/c1-23-14-6-3-2-5-13(14)8-9-19-17(22)20-11-10-18-16(21)15-7-4-12-24-15/h2-7,12H,8-11H2,1H3,(H,18,21)(H2,19,20,22). The van der Waals surface area contributed by atoms with Gasteiger partial charge in [0.2, 0.25) is 0 Å². The zero-order valence-electron chi connectivity index (χ0n) is 13.5. The van der Waals surface area contributed by atoms with Gasteiger partial charge in [0.25, 0.3) is 5.91 Å². The Morgan fingerprint density at radius 1 is 1.00 bits per heavy atom. The molecular weight excluding hydrogens is 310 g/mol. The van der Waals surface area contributed by atoms with Crippen molar-refractivity contribution >= 4 is 11.9 Å². The molecule has 0 atom stereocenters. The molecule has 0 spiro atoms. The Labute approximate surface area is 140 Å². The number of hydrogen-bond acceptors (Lipinski definition) is 4. The first-order valence-corrected chi connectivity index (χ1v) is 7.66. The number of ether oxygens (including phenoxy) is 1. The van der Waals surface area contributed by atoms with E-state index >= 15 is 0 Å². The second-order valence-electron chi connectivity index (χ2n) is 4.98. The van der Waals surface area contributed by atoms with E-state index in [0.29, 0.717) is 26.1 Å². The van der Waals surface area contributed by atoms with Gasteiger partial charge in [0.1, 0.15) is 5.75 Å². The van der Waals surface area contributed by atoms with Gasteiger partial charge in [-0.25, -0.2) is 4.79 Å². The highest BCUT2D eigenvalue weighted by Gasteiger charge is 2.07. The van der Waals surface area contributed by atoms with Gasteiger partial charge in [0, 0.05) is 19.6 Å². The summed E-state index contributed by atoms with van der Waals surface area (Å²) in [6.45, 7) is 1.14. The van der Waals surface area contributed by atoms with Crippen molar-refractivity contribution in [3.05, 3.63) is 54.0 Å². The fourth-order valence-electron chi connectivity index (χ4n) is 2.13. The van der Waals surface area contributed by atoms with E-state index in [0.717, 1.165) is 11.3 Å². The molecule has 3 N–H and O–H groups in total. The molecule has 3 amide bonds. The monoisotopic (exact) mass is 331 g/mol. The zero-order valence-corrected chi connectivity index (χ0v) is 13.5. The van der Waals surface area contributed by atoms with Crippen LogP contribution < -0.4 is 20.7 Å². The molecule has 0 saturated heterocycles. The molecule has 0 aliphatic rings. The maximum atomic E-state index is 11.7. The number of methoxy groups -OCH3 is 1. The van der Waals surface area contributed by atoms with Crippen molar-refractivity contribution in [2.75, 3.05) is 26.7 Å². The van der Waals surface area contributed by atoms with Gasteiger partial charge < -0.3 is 25.1 Å². The lowest BCUT2D eigenvalue weighted by atomic mass is 10.1. The van der Waals surface area contributed by atoms with Crippen LogP contribution in [0.5, 0.6) is 5.75 Å². The van der Waals surface area contributed by atoms with Gasteiger partial charge in [0.05, 0.1) is 13.4 Å². The van der Waals surface area contributed by atoms with Crippen molar-refractivity contribution in [2.24, 2.45) is 0 Å². The fourth-order valence-corrected chi connectivity index (χ4v) is 2.13. The molecule has 0 aliphatic carbocycles. The van der Waals surface area contributed by atoms with Gasteiger partial charge >= 0.3 is 6.03 Å².